The lowest BCUT2D eigenvalue weighted by molar-refractivity contribution is -0.118. The van der Waals surface area contributed by atoms with Gasteiger partial charge in [-0.2, -0.15) is 5.10 Å². The second-order valence-corrected chi connectivity index (χ2v) is 9.36. The van der Waals surface area contributed by atoms with Gasteiger partial charge in [0.15, 0.2) is 0 Å². The van der Waals surface area contributed by atoms with E-state index in [1.54, 1.807) is 24.5 Å². The summed E-state index contributed by atoms with van der Waals surface area (Å²) in [5.41, 5.74) is 8.60. The summed E-state index contributed by atoms with van der Waals surface area (Å²) < 4.78 is 27.1. The highest BCUT2D eigenvalue weighted by Gasteiger charge is 2.28. The SMILES string of the molecule is Cc1nc[nH]c1CNc1cc(Cl)c(C(C(N)=O)c2ccc(Sc3ccc(F)cc3F)nn2)c(Cl)c1. The summed E-state index contributed by atoms with van der Waals surface area (Å²) in [7, 11) is 0. The van der Waals surface area contributed by atoms with Gasteiger partial charge in [0, 0.05) is 32.3 Å². The number of primary amides is 1. The Labute approximate surface area is 213 Å². The molecule has 4 rings (SSSR count). The number of H-pyrrole nitrogens is 1. The summed E-state index contributed by atoms with van der Waals surface area (Å²) in [6.07, 6.45) is 1.60. The Morgan fingerprint density at radius 2 is 1.89 bits per heavy atom. The van der Waals surface area contributed by atoms with Crippen molar-refractivity contribution in [2.45, 2.75) is 29.3 Å². The minimum absolute atomic E-state index is 0.180. The molecule has 12 heteroatoms. The molecule has 2 aromatic carbocycles. The molecule has 2 heterocycles. The zero-order chi connectivity index (χ0) is 25.1. The van der Waals surface area contributed by atoms with E-state index in [1.807, 2.05) is 6.92 Å². The second-order valence-electron chi connectivity index (χ2n) is 7.48. The Hall–Kier alpha value is -3.21. The number of nitrogens with one attached hydrogen (secondary N) is 2. The fourth-order valence-corrected chi connectivity index (χ4v) is 4.81. The number of rotatable bonds is 8. The number of hydrogen-bond donors (Lipinski definition) is 3. The number of aromatic amines is 1. The number of benzene rings is 2. The lowest BCUT2D eigenvalue weighted by Gasteiger charge is -2.18. The molecule has 1 atom stereocenters. The van der Waals surface area contributed by atoms with Crippen molar-refractivity contribution in [3.8, 4) is 0 Å². The molecule has 0 bridgehead atoms. The molecule has 0 saturated carbocycles. The van der Waals surface area contributed by atoms with Crippen molar-refractivity contribution in [1.82, 2.24) is 20.2 Å². The van der Waals surface area contributed by atoms with Gasteiger partial charge in [0.2, 0.25) is 5.91 Å². The molecule has 180 valence electrons. The lowest BCUT2D eigenvalue weighted by atomic mass is 9.94. The first-order valence-electron chi connectivity index (χ1n) is 10.2. The summed E-state index contributed by atoms with van der Waals surface area (Å²) in [4.78, 5) is 19.7. The topological polar surface area (TPSA) is 110 Å². The number of aromatic nitrogens is 4. The van der Waals surface area contributed by atoms with Crippen LogP contribution in [0.15, 0.2) is 58.7 Å². The van der Waals surface area contributed by atoms with E-state index < -0.39 is 23.5 Å². The van der Waals surface area contributed by atoms with Gasteiger partial charge in [-0.25, -0.2) is 13.8 Å². The van der Waals surface area contributed by atoms with Crippen LogP contribution in [0, 0.1) is 18.6 Å². The highest BCUT2D eigenvalue weighted by Crippen LogP contribution is 2.38. The Balaban J connectivity index is 1.57. The van der Waals surface area contributed by atoms with Crippen LogP contribution in [0.5, 0.6) is 0 Å². The van der Waals surface area contributed by atoms with Crippen molar-refractivity contribution in [3.05, 3.63) is 93.1 Å². The maximum atomic E-state index is 13.9. The molecule has 0 aliphatic heterocycles. The molecule has 1 unspecified atom stereocenters. The monoisotopic (exact) mass is 534 g/mol. The molecule has 35 heavy (non-hydrogen) atoms. The van der Waals surface area contributed by atoms with E-state index in [0.717, 1.165) is 35.3 Å². The van der Waals surface area contributed by atoms with Crippen LogP contribution in [-0.2, 0) is 11.3 Å². The molecular weight excluding hydrogens is 517 g/mol. The first-order chi connectivity index (χ1) is 16.7. The molecule has 0 spiro atoms. The van der Waals surface area contributed by atoms with E-state index >= 15 is 0 Å². The fraction of sp³-hybridized carbons (Fsp3) is 0.130. The van der Waals surface area contributed by atoms with Crippen LogP contribution >= 0.6 is 35.0 Å². The number of nitrogens with zero attached hydrogens (tertiary/aromatic N) is 3. The maximum absolute atomic E-state index is 13.9. The lowest BCUT2D eigenvalue weighted by Crippen LogP contribution is -2.24. The van der Waals surface area contributed by atoms with Crippen molar-refractivity contribution >= 4 is 46.6 Å². The molecular formula is C23H18Cl2F2N6OS. The molecule has 2 aromatic heterocycles. The minimum Gasteiger partial charge on any atom is -0.379 e. The van der Waals surface area contributed by atoms with Crippen molar-refractivity contribution in [1.29, 1.82) is 0 Å². The van der Waals surface area contributed by atoms with Gasteiger partial charge in [0.25, 0.3) is 0 Å². The summed E-state index contributed by atoms with van der Waals surface area (Å²) in [5, 5.41) is 12.1. The first-order valence-corrected chi connectivity index (χ1v) is 11.8. The number of carbonyl (C=O) groups is 1. The Bertz CT molecular complexity index is 1360. The van der Waals surface area contributed by atoms with E-state index in [9.17, 15) is 13.6 Å². The fourth-order valence-electron chi connectivity index (χ4n) is 3.37. The van der Waals surface area contributed by atoms with Gasteiger partial charge in [-0.05, 0) is 43.3 Å². The predicted octanol–water partition coefficient (Wildman–Crippen LogP) is 5.47. The van der Waals surface area contributed by atoms with Gasteiger partial charge in [-0.15, -0.1) is 5.10 Å². The number of halogens is 4. The highest BCUT2D eigenvalue weighted by atomic mass is 35.5. The molecule has 4 aromatic rings. The van der Waals surface area contributed by atoms with Crippen LogP contribution in [0.4, 0.5) is 14.5 Å². The summed E-state index contributed by atoms with van der Waals surface area (Å²) in [5.74, 6) is -3.18. The maximum Gasteiger partial charge on any atom is 0.231 e. The van der Waals surface area contributed by atoms with Crippen LogP contribution in [0.3, 0.4) is 0 Å². The van der Waals surface area contributed by atoms with Crippen LogP contribution in [0.1, 0.15) is 28.6 Å². The highest BCUT2D eigenvalue weighted by molar-refractivity contribution is 7.99. The van der Waals surface area contributed by atoms with Crippen molar-refractivity contribution in [2.75, 3.05) is 5.32 Å². The number of carbonyl (C=O) groups excluding carboxylic acids is 1. The average Bonchev–Trinajstić information content (AvgIpc) is 3.22. The van der Waals surface area contributed by atoms with E-state index in [4.69, 9.17) is 28.9 Å². The predicted molar refractivity (Wildman–Crippen MR) is 131 cm³/mol. The van der Waals surface area contributed by atoms with Gasteiger partial charge in [0.05, 0.1) is 30.0 Å². The number of nitrogens with two attached hydrogens (primary N) is 1. The first kappa shape index (κ1) is 24.9. The van der Waals surface area contributed by atoms with E-state index in [1.165, 1.54) is 12.1 Å². The van der Waals surface area contributed by atoms with Crippen LogP contribution in [-0.4, -0.2) is 26.1 Å². The zero-order valence-electron chi connectivity index (χ0n) is 18.2. The second kappa shape index (κ2) is 10.6. The van der Waals surface area contributed by atoms with Gasteiger partial charge in [-0.1, -0.05) is 35.0 Å². The van der Waals surface area contributed by atoms with Crippen LogP contribution < -0.4 is 11.1 Å². The van der Waals surface area contributed by atoms with Crippen molar-refractivity contribution in [3.63, 3.8) is 0 Å². The number of imidazole rings is 1. The largest absolute Gasteiger partial charge is 0.379 e. The zero-order valence-corrected chi connectivity index (χ0v) is 20.5. The molecule has 0 saturated heterocycles. The number of aryl methyl sites for hydroxylation is 1. The number of hydrogen-bond acceptors (Lipinski definition) is 6. The normalized spacial score (nSPS) is 11.9. The van der Waals surface area contributed by atoms with E-state index in [0.29, 0.717) is 22.8 Å². The molecule has 0 fully saturated rings. The molecule has 0 radical (unpaired) electrons. The van der Waals surface area contributed by atoms with Crippen molar-refractivity contribution < 1.29 is 13.6 Å². The van der Waals surface area contributed by atoms with Gasteiger partial charge < -0.3 is 16.0 Å². The third-order valence-corrected chi connectivity index (χ3v) is 6.72. The van der Waals surface area contributed by atoms with Crippen LogP contribution in [0.25, 0.3) is 0 Å². The average molecular weight is 535 g/mol. The van der Waals surface area contributed by atoms with Gasteiger partial charge in [-0.3, -0.25) is 4.79 Å². The van der Waals surface area contributed by atoms with E-state index in [-0.39, 0.29) is 20.6 Å². The summed E-state index contributed by atoms with van der Waals surface area (Å²) in [6.45, 7) is 2.35. The number of anilines is 1. The van der Waals surface area contributed by atoms with Crippen molar-refractivity contribution in [2.24, 2.45) is 5.73 Å². The van der Waals surface area contributed by atoms with Crippen LogP contribution in [0.2, 0.25) is 10.0 Å². The standard InChI is InChI=1S/C23H18Cl2F2N6OS/c1-11-18(31-10-30-11)9-29-13-7-14(24)21(15(25)8-13)22(23(28)34)17-3-5-20(33-32-17)35-19-4-2-12(26)6-16(19)27/h2-8,10,22,29H,9H2,1H3,(H2,28,34)(H,30,31). The third kappa shape index (κ3) is 5.72. The Kier molecular flexibility index (Phi) is 7.54. The molecule has 7 nitrogen and oxygen atoms in total. The minimum atomic E-state index is -1.06. The van der Waals surface area contributed by atoms with Gasteiger partial charge in [0.1, 0.15) is 22.6 Å². The molecule has 4 N–H and O–H groups in total. The number of amides is 1. The Morgan fingerprint density at radius 3 is 2.46 bits per heavy atom. The third-order valence-electron chi connectivity index (χ3n) is 5.12. The quantitative estimate of drug-likeness (QED) is 0.276. The summed E-state index contributed by atoms with van der Waals surface area (Å²) >= 11 is 14.0. The smallest absolute Gasteiger partial charge is 0.231 e. The Morgan fingerprint density at radius 1 is 1.14 bits per heavy atom. The van der Waals surface area contributed by atoms with E-state index in [2.05, 4.69) is 25.5 Å². The molecule has 0 aliphatic carbocycles. The summed E-state index contributed by atoms with van der Waals surface area (Å²) in [6, 6.07) is 9.60. The van der Waals surface area contributed by atoms with Gasteiger partial charge >= 0.3 is 0 Å². The molecule has 0 aliphatic rings. The molecule has 1 amide bonds.